The van der Waals surface area contributed by atoms with Gasteiger partial charge in [0.25, 0.3) is 0 Å². The van der Waals surface area contributed by atoms with Gasteiger partial charge >= 0.3 is 0 Å². The maximum Gasteiger partial charge on any atom is 0.147 e. The Morgan fingerprint density at radius 3 is 2.69 bits per heavy atom. The summed E-state index contributed by atoms with van der Waals surface area (Å²) in [7, 11) is 0. The number of phenols is 1. The Morgan fingerprint density at radius 2 is 2.23 bits per heavy atom. The number of ketones is 1. The molecule has 0 saturated heterocycles. The van der Waals surface area contributed by atoms with Crippen LogP contribution in [-0.2, 0) is 4.79 Å². The predicted molar refractivity (Wildman–Crippen MR) is 50.4 cm³/mol. The van der Waals surface area contributed by atoms with Crippen LogP contribution in [0.3, 0.4) is 0 Å². The van der Waals surface area contributed by atoms with Gasteiger partial charge < -0.3 is 5.11 Å². The molecule has 0 aliphatic carbocycles. The molecule has 0 amide bonds. The monoisotopic (exact) mass is 246 g/mol. The highest BCUT2D eigenvalue weighted by atomic mass is 79.9. The SMILES string of the molecule is CC(=O)C(Br)c1ccc(F)cc1O. The lowest BCUT2D eigenvalue weighted by Crippen LogP contribution is -2.01. The Balaban J connectivity index is 3.08. The van der Waals surface area contributed by atoms with Crippen LogP contribution >= 0.6 is 15.9 Å². The van der Waals surface area contributed by atoms with Gasteiger partial charge in [-0.1, -0.05) is 22.0 Å². The predicted octanol–water partition coefficient (Wildman–Crippen LogP) is 2.56. The normalized spacial score (nSPS) is 12.5. The van der Waals surface area contributed by atoms with E-state index in [1.807, 2.05) is 0 Å². The lowest BCUT2D eigenvalue weighted by molar-refractivity contribution is -0.116. The van der Waals surface area contributed by atoms with Crippen LogP contribution in [-0.4, -0.2) is 10.9 Å². The maximum absolute atomic E-state index is 12.6. The van der Waals surface area contributed by atoms with Gasteiger partial charge in [0, 0.05) is 11.6 Å². The molecule has 0 aliphatic rings. The molecule has 0 heterocycles. The topological polar surface area (TPSA) is 37.3 Å². The molecule has 1 unspecified atom stereocenters. The fourth-order valence-electron chi connectivity index (χ4n) is 0.950. The number of Topliss-reactive ketones (excluding diaryl/α,β-unsaturated/α-hetero) is 1. The first-order valence-electron chi connectivity index (χ1n) is 3.65. The first-order chi connectivity index (χ1) is 6.02. The minimum Gasteiger partial charge on any atom is -0.508 e. The summed E-state index contributed by atoms with van der Waals surface area (Å²) in [4.78, 5) is 10.4. The third kappa shape index (κ3) is 2.28. The average Bonchev–Trinajstić information content (AvgIpc) is 2.03. The molecule has 0 fully saturated rings. The van der Waals surface area contributed by atoms with Crippen molar-refractivity contribution in [1.29, 1.82) is 0 Å². The zero-order chi connectivity index (χ0) is 10.0. The molecule has 1 N–H and O–H groups in total. The summed E-state index contributed by atoms with van der Waals surface area (Å²) in [6.07, 6.45) is 0. The third-order valence-electron chi connectivity index (χ3n) is 1.62. The fraction of sp³-hybridized carbons (Fsp3) is 0.222. The Labute approximate surface area is 83.5 Å². The Bertz CT molecular complexity index is 338. The maximum atomic E-state index is 12.6. The summed E-state index contributed by atoms with van der Waals surface area (Å²) in [5.74, 6) is -0.872. The van der Waals surface area contributed by atoms with Crippen LogP contribution in [0.1, 0.15) is 17.3 Å². The lowest BCUT2D eigenvalue weighted by Gasteiger charge is -2.07. The molecule has 1 aromatic rings. The molecule has 70 valence electrons. The largest absolute Gasteiger partial charge is 0.508 e. The molecule has 0 spiro atoms. The zero-order valence-corrected chi connectivity index (χ0v) is 8.51. The van der Waals surface area contributed by atoms with Gasteiger partial charge in [0.1, 0.15) is 22.2 Å². The van der Waals surface area contributed by atoms with E-state index in [2.05, 4.69) is 15.9 Å². The summed E-state index contributed by atoms with van der Waals surface area (Å²) in [6.45, 7) is 1.39. The van der Waals surface area contributed by atoms with E-state index in [0.717, 1.165) is 6.07 Å². The van der Waals surface area contributed by atoms with E-state index < -0.39 is 10.6 Å². The zero-order valence-electron chi connectivity index (χ0n) is 6.92. The van der Waals surface area contributed by atoms with Crippen molar-refractivity contribution < 1.29 is 14.3 Å². The molecular weight excluding hydrogens is 239 g/mol. The number of phenolic OH excluding ortho intramolecular Hbond substituents is 1. The van der Waals surface area contributed by atoms with Crippen LogP contribution in [0.5, 0.6) is 5.75 Å². The smallest absolute Gasteiger partial charge is 0.147 e. The molecule has 0 saturated carbocycles. The first-order valence-corrected chi connectivity index (χ1v) is 4.57. The van der Waals surface area contributed by atoms with E-state index in [9.17, 15) is 14.3 Å². The van der Waals surface area contributed by atoms with Crippen LogP contribution in [0, 0.1) is 5.82 Å². The van der Waals surface area contributed by atoms with Crippen molar-refractivity contribution in [2.45, 2.75) is 11.8 Å². The fourth-order valence-corrected chi connectivity index (χ4v) is 1.34. The number of aromatic hydroxyl groups is 1. The van der Waals surface area contributed by atoms with Crippen molar-refractivity contribution >= 4 is 21.7 Å². The molecular formula is C9H8BrFO2. The van der Waals surface area contributed by atoms with Gasteiger partial charge in [-0.3, -0.25) is 4.79 Å². The van der Waals surface area contributed by atoms with Gasteiger partial charge in [0.2, 0.25) is 0 Å². The summed E-state index contributed by atoms with van der Waals surface area (Å²) < 4.78 is 12.6. The standard InChI is InChI=1S/C9H8BrFO2/c1-5(12)9(10)7-3-2-6(11)4-8(7)13/h2-4,9,13H,1H3. The average molecular weight is 247 g/mol. The van der Waals surface area contributed by atoms with E-state index >= 15 is 0 Å². The molecule has 1 atom stereocenters. The van der Waals surface area contributed by atoms with Crippen LogP contribution in [0.25, 0.3) is 0 Å². The van der Waals surface area contributed by atoms with Gasteiger partial charge in [-0.05, 0) is 13.0 Å². The molecule has 13 heavy (non-hydrogen) atoms. The number of carbonyl (C=O) groups is 1. The van der Waals surface area contributed by atoms with Crippen molar-refractivity contribution in [3.63, 3.8) is 0 Å². The van der Waals surface area contributed by atoms with E-state index in [0.29, 0.717) is 5.56 Å². The number of rotatable bonds is 2. The molecule has 1 rings (SSSR count). The summed E-state index contributed by atoms with van der Waals surface area (Å²) in [6, 6.07) is 3.56. The highest BCUT2D eigenvalue weighted by molar-refractivity contribution is 9.09. The number of hydrogen-bond donors (Lipinski definition) is 1. The summed E-state index contributed by atoms with van der Waals surface area (Å²) in [5.41, 5.74) is 0.383. The molecule has 1 aromatic carbocycles. The Hall–Kier alpha value is -0.900. The van der Waals surface area contributed by atoms with E-state index in [1.54, 1.807) is 0 Å². The molecule has 0 aliphatic heterocycles. The highest BCUT2D eigenvalue weighted by Gasteiger charge is 2.16. The quantitative estimate of drug-likeness (QED) is 0.815. The second-order valence-corrected chi connectivity index (χ2v) is 3.59. The van der Waals surface area contributed by atoms with E-state index in [1.165, 1.54) is 19.1 Å². The number of hydrogen-bond acceptors (Lipinski definition) is 2. The Kier molecular flexibility index (Phi) is 3.03. The van der Waals surface area contributed by atoms with Crippen molar-refractivity contribution in [3.05, 3.63) is 29.6 Å². The summed E-state index contributed by atoms with van der Waals surface area (Å²) in [5, 5.41) is 9.29. The molecule has 4 heteroatoms. The molecule has 0 radical (unpaired) electrons. The minimum atomic E-state index is -0.576. The van der Waals surface area contributed by atoms with Crippen molar-refractivity contribution in [1.82, 2.24) is 0 Å². The van der Waals surface area contributed by atoms with Crippen LogP contribution in [0.15, 0.2) is 18.2 Å². The van der Waals surface area contributed by atoms with Gasteiger partial charge in [0.05, 0.1) is 0 Å². The second-order valence-electron chi connectivity index (χ2n) is 2.68. The van der Waals surface area contributed by atoms with Crippen LogP contribution in [0.4, 0.5) is 4.39 Å². The van der Waals surface area contributed by atoms with E-state index in [-0.39, 0.29) is 11.5 Å². The van der Waals surface area contributed by atoms with E-state index in [4.69, 9.17) is 0 Å². The van der Waals surface area contributed by atoms with Gasteiger partial charge in [-0.15, -0.1) is 0 Å². The van der Waals surface area contributed by atoms with Crippen molar-refractivity contribution in [3.8, 4) is 5.75 Å². The molecule has 2 nitrogen and oxygen atoms in total. The summed E-state index contributed by atoms with van der Waals surface area (Å²) >= 11 is 3.09. The molecule has 0 bridgehead atoms. The van der Waals surface area contributed by atoms with Gasteiger partial charge in [-0.25, -0.2) is 4.39 Å². The third-order valence-corrected chi connectivity index (χ3v) is 2.76. The number of halogens is 2. The first kappa shape index (κ1) is 10.2. The van der Waals surface area contributed by atoms with Crippen molar-refractivity contribution in [2.24, 2.45) is 0 Å². The second kappa shape index (κ2) is 3.87. The van der Waals surface area contributed by atoms with Crippen molar-refractivity contribution in [2.75, 3.05) is 0 Å². The molecule has 0 aromatic heterocycles. The minimum absolute atomic E-state index is 0.137. The lowest BCUT2D eigenvalue weighted by atomic mass is 10.1. The number of benzene rings is 1. The van der Waals surface area contributed by atoms with Crippen LogP contribution < -0.4 is 0 Å². The Morgan fingerprint density at radius 1 is 1.62 bits per heavy atom. The number of alkyl halides is 1. The van der Waals surface area contributed by atoms with Gasteiger partial charge in [0.15, 0.2) is 0 Å². The highest BCUT2D eigenvalue weighted by Crippen LogP contribution is 2.31. The van der Waals surface area contributed by atoms with Gasteiger partial charge in [-0.2, -0.15) is 0 Å². The number of carbonyl (C=O) groups excluding carboxylic acids is 1. The van der Waals surface area contributed by atoms with Crippen LogP contribution in [0.2, 0.25) is 0 Å².